The highest BCUT2D eigenvalue weighted by Gasteiger charge is 2.23. The maximum absolute atomic E-state index is 7.06. The Balaban J connectivity index is 0.00000567. The van der Waals surface area contributed by atoms with E-state index < -0.39 is 0 Å². The number of rotatable bonds is 11. The molecule has 2 heterocycles. The summed E-state index contributed by atoms with van der Waals surface area (Å²) < 4.78 is 2.30. The monoisotopic (exact) mass is 910 g/mol. The van der Waals surface area contributed by atoms with E-state index >= 15 is 0 Å². The summed E-state index contributed by atoms with van der Waals surface area (Å²) in [6, 6.07) is 59.9. The average molecular weight is 911 g/mol. The Morgan fingerprint density at radius 2 is 1.34 bits per heavy atom. The maximum Gasteiger partial charge on any atom is 0.160 e. The lowest BCUT2D eigenvalue weighted by molar-refractivity contribution is 0.977. The smallest absolute Gasteiger partial charge is 0.160 e. The molecule has 0 fully saturated rings. The van der Waals surface area contributed by atoms with E-state index in [-0.39, 0.29) is 6.15 Å². The lowest BCUT2D eigenvalue weighted by atomic mass is 9.85. The summed E-state index contributed by atoms with van der Waals surface area (Å²) in [5.74, 6) is 1.64. The number of nitrogens with zero attached hydrogens (tertiary/aromatic N) is 6. The second-order valence-electron chi connectivity index (χ2n) is 17.5. The fraction of sp³-hybridized carbons (Fsp3) is 0.0968. The molecule has 0 saturated heterocycles. The van der Waals surface area contributed by atoms with E-state index in [4.69, 9.17) is 25.7 Å². The summed E-state index contributed by atoms with van der Waals surface area (Å²) >= 11 is 0. The molecule has 11 rings (SSSR count). The van der Waals surface area contributed by atoms with Crippen molar-refractivity contribution in [1.82, 2.24) is 25.7 Å². The topological polar surface area (TPSA) is 120 Å². The molecular formula is C62H54N8. The quantitative estimate of drug-likeness (QED) is 0.0757. The lowest BCUT2D eigenvalue weighted by Crippen LogP contribution is -2.17. The van der Waals surface area contributed by atoms with E-state index in [0.717, 1.165) is 113 Å². The Morgan fingerprint density at radius 3 is 2.03 bits per heavy atom. The second-order valence-corrected chi connectivity index (χ2v) is 17.5. The average Bonchev–Trinajstić information content (AvgIpc) is 3.80. The third-order valence-electron chi connectivity index (χ3n) is 13.4. The molecule has 1 aliphatic rings. The van der Waals surface area contributed by atoms with Crippen molar-refractivity contribution in [2.75, 3.05) is 17.7 Å². The fourth-order valence-electron chi connectivity index (χ4n) is 9.91. The molecule has 10 aromatic rings. The summed E-state index contributed by atoms with van der Waals surface area (Å²) in [6.07, 6.45) is 14.3. The van der Waals surface area contributed by atoms with Gasteiger partial charge >= 0.3 is 0 Å². The van der Waals surface area contributed by atoms with Crippen LogP contribution in [0.25, 0.3) is 77.5 Å². The highest BCUT2D eigenvalue weighted by atomic mass is 15.1. The number of nitrogen functional groups attached to an aromatic ring is 1. The number of nitrogens with two attached hydrogens (primary N) is 1. The van der Waals surface area contributed by atoms with Crippen molar-refractivity contribution in [2.45, 2.75) is 33.2 Å². The van der Waals surface area contributed by atoms with Crippen molar-refractivity contribution in [3.05, 3.63) is 229 Å². The van der Waals surface area contributed by atoms with Crippen LogP contribution in [0, 0.1) is 0 Å². The first-order chi connectivity index (χ1) is 34.0. The first-order valence-corrected chi connectivity index (χ1v) is 23.6. The fourth-order valence-corrected chi connectivity index (χ4v) is 9.91. The summed E-state index contributed by atoms with van der Waals surface area (Å²) in [5.41, 5.74) is 23.6. The molecular weight excluding hydrogens is 857 g/mol. The minimum atomic E-state index is 0. The molecule has 8 heteroatoms. The molecule has 342 valence electrons. The van der Waals surface area contributed by atoms with Crippen LogP contribution in [0.1, 0.15) is 43.6 Å². The van der Waals surface area contributed by atoms with Crippen LogP contribution in [0.15, 0.2) is 217 Å². The molecule has 2 aromatic heterocycles. The van der Waals surface area contributed by atoms with Gasteiger partial charge in [0, 0.05) is 48.5 Å². The minimum Gasteiger partial charge on any atom is -0.397 e. The number of anilines is 3. The molecule has 0 saturated carbocycles. The van der Waals surface area contributed by atoms with Gasteiger partial charge in [-0.05, 0) is 154 Å². The van der Waals surface area contributed by atoms with Gasteiger partial charge in [-0.15, -0.1) is 0 Å². The standard InChI is InChI=1S/C62H51N7.H3N/c1-4-41(2)60(64-3)58-50-30-26-45(47-29-33-57-55(39-47)67-62(43-20-11-6-12-21-43)69(57)49-24-15-8-16-25-49)37-53(50)59(61-65-34-17-35-66-61)51-31-27-44(36-52(51)58)46-28-32-56(54(63)38-46)68(48-22-13-7-14-23-48)40-42-18-9-5-10-19-42;/h4-11,13-20,22-39H,12,21,40,63H2,1-3H3;1H3/b41-4-,64-60?;. The highest BCUT2D eigenvalue weighted by Crippen LogP contribution is 2.44. The van der Waals surface area contributed by atoms with Crippen LogP contribution in [-0.4, -0.2) is 32.3 Å². The summed E-state index contributed by atoms with van der Waals surface area (Å²) in [6.45, 7) is 4.89. The van der Waals surface area contributed by atoms with Crippen molar-refractivity contribution >= 4 is 60.9 Å². The van der Waals surface area contributed by atoms with Crippen LogP contribution in [0.3, 0.4) is 0 Å². The molecule has 8 nitrogen and oxygen atoms in total. The van der Waals surface area contributed by atoms with Crippen LogP contribution in [0.2, 0.25) is 0 Å². The minimum absolute atomic E-state index is 0. The van der Waals surface area contributed by atoms with Crippen LogP contribution in [0.4, 0.5) is 17.1 Å². The van der Waals surface area contributed by atoms with Crippen molar-refractivity contribution in [1.29, 1.82) is 0 Å². The third-order valence-corrected chi connectivity index (χ3v) is 13.4. The number of para-hydroxylation sites is 2. The van der Waals surface area contributed by atoms with E-state index in [1.54, 1.807) is 0 Å². The van der Waals surface area contributed by atoms with Crippen molar-refractivity contribution in [3.63, 3.8) is 0 Å². The molecule has 70 heavy (non-hydrogen) atoms. The van der Waals surface area contributed by atoms with Crippen LogP contribution >= 0.6 is 0 Å². The zero-order chi connectivity index (χ0) is 46.8. The Morgan fingerprint density at radius 1 is 0.700 bits per heavy atom. The van der Waals surface area contributed by atoms with Crippen molar-refractivity contribution in [2.24, 2.45) is 4.99 Å². The number of allylic oxidation sites excluding steroid dienone is 6. The molecule has 0 unspecified atom stereocenters. The number of benzene rings is 8. The molecule has 5 N–H and O–H groups in total. The van der Waals surface area contributed by atoms with E-state index in [1.165, 1.54) is 11.1 Å². The van der Waals surface area contributed by atoms with Gasteiger partial charge in [-0.1, -0.05) is 127 Å². The SMILES string of the molecule is C/C=C(/C)C(=NC)c1c2cc(-c3ccc(N(Cc4ccccc4)c4ccccc4)c(N)c3)ccc2c(-c2ncccn2)c2cc(-c3ccc4c(c3)nc(C3=CC=CCC3)n4-c3ccccc3)ccc12.N. The zero-order valence-corrected chi connectivity index (χ0v) is 39.7. The maximum atomic E-state index is 7.06. The highest BCUT2D eigenvalue weighted by molar-refractivity contribution is 6.30. The molecule has 0 aliphatic heterocycles. The van der Waals surface area contributed by atoms with Crippen LogP contribution in [-0.2, 0) is 6.54 Å². The molecule has 0 radical (unpaired) electrons. The number of aromatic nitrogens is 4. The summed E-state index contributed by atoms with van der Waals surface area (Å²) in [5, 5.41) is 4.20. The van der Waals surface area contributed by atoms with Gasteiger partial charge in [-0.25, -0.2) is 15.0 Å². The van der Waals surface area contributed by atoms with E-state index in [9.17, 15) is 0 Å². The Bertz CT molecular complexity index is 3670. The normalized spacial score (nSPS) is 12.9. The Hall–Kier alpha value is -8.72. The van der Waals surface area contributed by atoms with Gasteiger partial charge in [0.05, 0.1) is 28.1 Å². The number of hydrogen-bond donors (Lipinski definition) is 2. The van der Waals surface area contributed by atoms with Gasteiger partial charge in [0.15, 0.2) is 5.82 Å². The first kappa shape index (κ1) is 45.1. The predicted octanol–water partition coefficient (Wildman–Crippen LogP) is 15.3. The van der Waals surface area contributed by atoms with Gasteiger partial charge < -0.3 is 16.8 Å². The van der Waals surface area contributed by atoms with Gasteiger partial charge in [0.2, 0.25) is 0 Å². The number of imidazole rings is 1. The molecule has 8 aromatic carbocycles. The molecule has 0 spiro atoms. The van der Waals surface area contributed by atoms with Crippen molar-refractivity contribution in [3.8, 4) is 39.3 Å². The predicted molar refractivity (Wildman–Crippen MR) is 294 cm³/mol. The third kappa shape index (κ3) is 8.35. The molecule has 1 aliphatic carbocycles. The molecule has 0 amide bonds. The van der Waals surface area contributed by atoms with Gasteiger partial charge in [-0.2, -0.15) is 0 Å². The van der Waals surface area contributed by atoms with E-state index in [0.29, 0.717) is 18.1 Å². The molecule has 0 bridgehead atoms. The van der Waals surface area contributed by atoms with Gasteiger partial charge in [-0.3, -0.25) is 9.56 Å². The Labute approximate surface area is 409 Å². The largest absolute Gasteiger partial charge is 0.397 e. The summed E-state index contributed by atoms with van der Waals surface area (Å²) in [4.78, 5) is 22.4. The zero-order valence-electron chi connectivity index (χ0n) is 39.7. The number of fused-ring (bicyclic) bond motifs is 3. The van der Waals surface area contributed by atoms with Crippen LogP contribution < -0.4 is 16.8 Å². The lowest BCUT2D eigenvalue weighted by Gasteiger charge is -2.27. The van der Waals surface area contributed by atoms with E-state index in [2.05, 4.69) is 199 Å². The van der Waals surface area contributed by atoms with E-state index in [1.807, 2.05) is 37.6 Å². The van der Waals surface area contributed by atoms with Gasteiger partial charge in [0.25, 0.3) is 0 Å². The molecule has 0 atom stereocenters. The van der Waals surface area contributed by atoms with Crippen LogP contribution in [0.5, 0.6) is 0 Å². The van der Waals surface area contributed by atoms with Crippen molar-refractivity contribution < 1.29 is 0 Å². The summed E-state index contributed by atoms with van der Waals surface area (Å²) in [7, 11) is 1.89. The van der Waals surface area contributed by atoms with Gasteiger partial charge in [0.1, 0.15) is 5.82 Å². The number of aliphatic imine (C=N–C) groups is 1. The first-order valence-electron chi connectivity index (χ1n) is 23.6. The number of hydrogen-bond acceptors (Lipinski definition) is 7. The second kappa shape index (κ2) is 19.5. The Kier molecular flexibility index (Phi) is 12.5.